The van der Waals surface area contributed by atoms with Crippen LogP contribution in [-0.2, 0) is 32.7 Å². The number of aromatic nitrogens is 5. The minimum atomic E-state index is -0.149. The molecule has 0 spiro atoms. The molecule has 0 saturated carbocycles. The van der Waals surface area contributed by atoms with Crippen molar-refractivity contribution in [3.63, 3.8) is 0 Å². The molecule has 1 atom stereocenters. The standard InChI is InChI=1S/C22H30N7OS.C2H6/c1-13(29(3,4)30)18-12-19(27-28(18)2)31-22-24-21(25-26-22)23-20-16-9-5-7-14(16)11-15-8-6-10-17(15)20;1-2/h11-13,30H,5-10H2,1-4H3,(H2,23,24,25,26);1-2H3/q+1;. The topological polar surface area (TPSA) is 91.7 Å². The largest absolute Gasteiger partial charge is 0.324 e. The minimum Gasteiger partial charge on any atom is -0.324 e. The van der Waals surface area contributed by atoms with Crippen molar-refractivity contribution < 1.29 is 9.85 Å². The van der Waals surface area contributed by atoms with Crippen molar-refractivity contribution >= 4 is 23.4 Å². The second-order valence-electron chi connectivity index (χ2n) is 9.11. The number of hydrogen-bond acceptors (Lipinski definition) is 6. The molecule has 0 saturated heterocycles. The van der Waals surface area contributed by atoms with Crippen LogP contribution >= 0.6 is 11.8 Å². The first-order valence-electron chi connectivity index (χ1n) is 11.9. The van der Waals surface area contributed by atoms with Crippen LogP contribution in [0.3, 0.4) is 0 Å². The summed E-state index contributed by atoms with van der Waals surface area (Å²) in [5, 5.41) is 27.3. The zero-order valence-corrected chi connectivity index (χ0v) is 21.4. The number of nitrogens with one attached hydrogen (secondary N) is 2. The van der Waals surface area contributed by atoms with E-state index in [0.717, 1.165) is 23.6 Å². The molecule has 2 aliphatic carbocycles. The fourth-order valence-corrected chi connectivity index (χ4v) is 5.50. The van der Waals surface area contributed by atoms with E-state index in [1.54, 1.807) is 14.1 Å². The molecule has 0 radical (unpaired) electrons. The fourth-order valence-electron chi connectivity index (χ4n) is 4.75. The van der Waals surface area contributed by atoms with Crippen molar-refractivity contribution in [2.45, 2.75) is 75.5 Å². The lowest BCUT2D eigenvalue weighted by molar-refractivity contribution is -1.10. The highest BCUT2D eigenvalue weighted by atomic mass is 32.2. The minimum absolute atomic E-state index is 0.0986. The Morgan fingerprint density at radius 3 is 2.33 bits per heavy atom. The number of fused-ring (bicyclic) bond motifs is 2. The molecule has 2 aromatic heterocycles. The quantitative estimate of drug-likeness (QED) is 0.348. The molecule has 2 heterocycles. The molecule has 3 N–H and O–H groups in total. The van der Waals surface area contributed by atoms with Crippen molar-refractivity contribution in [2.75, 3.05) is 19.4 Å². The molecular weight excluding hydrogens is 434 g/mol. The Balaban J connectivity index is 0.00000126. The highest BCUT2D eigenvalue weighted by Crippen LogP contribution is 2.39. The van der Waals surface area contributed by atoms with Crippen molar-refractivity contribution in [3.05, 3.63) is 40.1 Å². The van der Waals surface area contributed by atoms with E-state index in [0.29, 0.717) is 11.1 Å². The summed E-state index contributed by atoms with van der Waals surface area (Å²) in [5.74, 6) is 0.676. The number of H-pyrrole nitrogens is 1. The maximum absolute atomic E-state index is 10.3. The molecule has 2 aliphatic rings. The molecule has 8 nitrogen and oxygen atoms in total. The van der Waals surface area contributed by atoms with E-state index in [2.05, 4.69) is 31.7 Å². The summed E-state index contributed by atoms with van der Waals surface area (Å²) in [6, 6.07) is 4.33. The van der Waals surface area contributed by atoms with Gasteiger partial charge in [-0.15, -0.1) is 5.10 Å². The van der Waals surface area contributed by atoms with E-state index in [4.69, 9.17) is 0 Å². The highest BCUT2D eigenvalue weighted by molar-refractivity contribution is 7.99. The lowest BCUT2D eigenvalue weighted by Crippen LogP contribution is -2.38. The fraction of sp³-hybridized carbons (Fsp3) is 0.542. The highest BCUT2D eigenvalue weighted by Gasteiger charge is 2.28. The SMILES string of the molecule is CC.CC(c1cc(Sc2n[nH]c(Nc3c4c(cc5c3CCC5)CCC4)n2)nn1C)[N+](C)(C)O. The molecule has 9 heteroatoms. The molecular formula is C24H36N7OS+. The van der Waals surface area contributed by atoms with Crippen LogP contribution in [0.5, 0.6) is 0 Å². The van der Waals surface area contributed by atoms with Gasteiger partial charge in [0.2, 0.25) is 11.1 Å². The van der Waals surface area contributed by atoms with Crippen LogP contribution in [0, 0.1) is 0 Å². The Kier molecular flexibility index (Phi) is 6.83. The molecule has 0 amide bonds. The van der Waals surface area contributed by atoms with Gasteiger partial charge < -0.3 is 5.32 Å². The van der Waals surface area contributed by atoms with Crippen molar-refractivity contribution in [2.24, 2.45) is 7.05 Å². The normalized spacial score (nSPS) is 15.6. The molecule has 33 heavy (non-hydrogen) atoms. The predicted molar refractivity (Wildman–Crippen MR) is 131 cm³/mol. The molecule has 3 aromatic rings. The van der Waals surface area contributed by atoms with Gasteiger partial charge in [-0.2, -0.15) is 14.7 Å². The smallest absolute Gasteiger partial charge is 0.224 e. The number of hydrogen-bond donors (Lipinski definition) is 3. The van der Waals surface area contributed by atoms with E-state index < -0.39 is 0 Å². The molecule has 1 aromatic carbocycles. The number of hydroxylamine groups is 3. The third kappa shape index (κ3) is 4.81. The van der Waals surface area contributed by atoms with E-state index in [9.17, 15) is 5.21 Å². The summed E-state index contributed by atoms with van der Waals surface area (Å²) < 4.78 is 1.66. The summed E-state index contributed by atoms with van der Waals surface area (Å²) in [6.07, 6.45) is 7.09. The summed E-state index contributed by atoms with van der Waals surface area (Å²) >= 11 is 1.42. The first-order valence-corrected chi connectivity index (χ1v) is 12.8. The zero-order valence-electron chi connectivity index (χ0n) is 20.6. The van der Waals surface area contributed by atoms with Gasteiger partial charge in [-0.1, -0.05) is 19.9 Å². The number of aryl methyl sites for hydroxylation is 3. The molecule has 0 bridgehead atoms. The number of quaternary nitrogens is 1. The van der Waals surface area contributed by atoms with Gasteiger partial charge in [0, 0.05) is 12.7 Å². The number of benzene rings is 1. The van der Waals surface area contributed by atoms with Crippen molar-refractivity contribution in [3.8, 4) is 0 Å². The van der Waals surface area contributed by atoms with E-state index in [-0.39, 0.29) is 10.7 Å². The number of aromatic amines is 1. The van der Waals surface area contributed by atoms with Gasteiger partial charge >= 0.3 is 0 Å². The van der Waals surface area contributed by atoms with Gasteiger partial charge in [0.1, 0.15) is 5.03 Å². The van der Waals surface area contributed by atoms with Gasteiger partial charge in [-0.3, -0.25) is 4.68 Å². The van der Waals surface area contributed by atoms with Crippen LogP contribution in [0.25, 0.3) is 0 Å². The number of anilines is 2. The van der Waals surface area contributed by atoms with Crippen molar-refractivity contribution in [1.29, 1.82) is 0 Å². The Morgan fingerprint density at radius 1 is 1.09 bits per heavy atom. The third-order valence-corrected chi connectivity index (χ3v) is 7.42. The summed E-state index contributed by atoms with van der Waals surface area (Å²) in [4.78, 5) is 4.67. The lowest BCUT2D eigenvalue weighted by Gasteiger charge is -2.26. The van der Waals surface area contributed by atoms with Gasteiger partial charge in [0.15, 0.2) is 6.04 Å². The Hall–Kier alpha value is -2.36. The zero-order chi connectivity index (χ0) is 23.8. The van der Waals surface area contributed by atoms with E-state index in [1.807, 2.05) is 38.6 Å². The third-order valence-electron chi connectivity index (χ3n) is 6.65. The van der Waals surface area contributed by atoms with E-state index in [1.165, 1.54) is 65.4 Å². The van der Waals surface area contributed by atoms with Crippen LogP contribution < -0.4 is 5.32 Å². The van der Waals surface area contributed by atoms with Gasteiger partial charge in [-0.05, 0) is 85.5 Å². The Labute approximate surface area is 200 Å². The van der Waals surface area contributed by atoms with Gasteiger partial charge in [-0.25, -0.2) is 10.3 Å². The molecule has 0 fully saturated rings. The van der Waals surface area contributed by atoms with Crippen LogP contribution in [0.1, 0.15) is 67.6 Å². The van der Waals surface area contributed by atoms with Crippen LogP contribution in [0.2, 0.25) is 0 Å². The van der Waals surface area contributed by atoms with Crippen LogP contribution in [0.15, 0.2) is 22.3 Å². The number of rotatable bonds is 6. The molecule has 1 unspecified atom stereocenters. The van der Waals surface area contributed by atoms with Gasteiger partial charge in [0.05, 0.1) is 19.8 Å². The molecule has 0 aliphatic heterocycles. The summed E-state index contributed by atoms with van der Waals surface area (Å²) in [7, 11) is 5.41. The lowest BCUT2D eigenvalue weighted by atomic mass is 9.99. The second-order valence-corrected chi connectivity index (χ2v) is 10.1. The van der Waals surface area contributed by atoms with Crippen molar-refractivity contribution in [1.82, 2.24) is 25.0 Å². The average Bonchev–Trinajstić information content (AvgIpc) is 3.56. The second kappa shape index (κ2) is 9.48. The maximum Gasteiger partial charge on any atom is 0.224 e. The van der Waals surface area contributed by atoms with Crippen LogP contribution in [-0.4, -0.2) is 48.9 Å². The Morgan fingerprint density at radius 2 is 1.73 bits per heavy atom. The number of nitrogens with zero attached hydrogens (tertiary/aromatic N) is 5. The van der Waals surface area contributed by atoms with Crippen LogP contribution in [0.4, 0.5) is 11.6 Å². The summed E-state index contributed by atoms with van der Waals surface area (Å²) in [6.45, 7) is 5.98. The predicted octanol–water partition coefficient (Wildman–Crippen LogP) is 4.96. The monoisotopic (exact) mass is 470 g/mol. The van der Waals surface area contributed by atoms with E-state index >= 15 is 0 Å². The first-order chi connectivity index (χ1) is 15.8. The molecule has 5 rings (SSSR count). The average molecular weight is 471 g/mol. The summed E-state index contributed by atoms with van der Waals surface area (Å²) in [5.41, 5.74) is 8.13. The maximum atomic E-state index is 10.3. The first kappa shape index (κ1) is 23.8. The Bertz CT molecular complexity index is 1100. The molecule has 178 valence electrons. The van der Waals surface area contributed by atoms with Gasteiger partial charge in [0.25, 0.3) is 0 Å².